The fourth-order valence-electron chi connectivity index (χ4n) is 5.75. The monoisotopic (exact) mass is 546 g/mol. The summed E-state index contributed by atoms with van der Waals surface area (Å²) in [6.07, 6.45) is 1.13. The maximum absolute atomic E-state index is 2.39. The van der Waals surface area contributed by atoms with E-state index in [-0.39, 0.29) is 0 Å². The van der Waals surface area contributed by atoms with Gasteiger partial charge in [-0.2, -0.15) is 0 Å². The van der Waals surface area contributed by atoms with E-state index in [1.165, 1.54) is 33.2 Å². The Morgan fingerprint density at radius 2 is 1.00 bits per heavy atom. The van der Waals surface area contributed by atoms with E-state index in [4.69, 9.17) is 0 Å². The zero-order valence-electron chi connectivity index (χ0n) is 25.0. The zero-order chi connectivity index (χ0) is 29.1. The molecule has 6 rings (SSSR count). The highest BCUT2D eigenvalue weighted by atomic mass is 15.2. The number of benzene rings is 6. The van der Waals surface area contributed by atoms with Crippen molar-refractivity contribution in [3.63, 3.8) is 0 Å². The van der Waals surface area contributed by atoms with Gasteiger partial charge < -0.3 is 9.80 Å². The Hall–Kier alpha value is -4.82. The van der Waals surface area contributed by atoms with Crippen molar-refractivity contribution >= 4 is 44.9 Å². The van der Waals surface area contributed by atoms with Gasteiger partial charge in [0.2, 0.25) is 0 Å². The van der Waals surface area contributed by atoms with Crippen molar-refractivity contribution in [2.75, 3.05) is 9.80 Å². The van der Waals surface area contributed by atoms with Gasteiger partial charge in [0.25, 0.3) is 0 Å². The molecule has 0 aromatic heterocycles. The molecule has 0 heterocycles. The second-order valence-electron chi connectivity index (χ2n) is 11.3. The van der Waals surface area contributed by atoms with Crippen LogP contribution < -0.4 is 9.80 Å². The molecule has 0 aliphatic rings. The average molecular weight is 547 g/mol. The van der Waals surface area contributed by atoms with Crippen LogP contribution in [0.5, 0.6) is 0 Å². The molecule has 0 N–H and O–H groups in total. The maximum Gasteiger partial charge on any atom is 0.0540 e. The van der Waals surface area contributed by atoms with Crippen molar-refractivity contribution in [3.05, 3.63) is 156 Å². The van der Waals surface area contributed by atoms with Gasteiger partial charge >= 0.3 is 0 Å². The molecule has 208 valence electrons. The summed E-state index contributed by atoms with van der Waals surface area (Å²) in [6.45, 7) is 8.84. The minimum absolute atomic E-state index is 0.540. The topological polar surface area (TPSA) is 6.48 Å². The standard InChI is InChI=1S/C40H38N2/c1-5-31(4)32-19-21-35(22-20-32)42(40-18-10-14-33-13-6-7-17-39(33)40)36-25-23-34(24-26-36)41(37-15-8-11-29(2)27-37)38-16-9-12-30(3)28-38/h6-28,31H,5H2,1-4H3. The first-order valence-electron chi connectivity index (χ1n) is 14.9. The van der Waals surface area contributed by atoms with E-state index in [9.17, 15) is 0 Å². The first kappa shape index (κ1) is 27.4. The number of nitrogens with zero attached hydrogens (tertiary/aromatic N) is 2. The summed E-state index contributed by atoms with van der Waals surface area (Å²) < 4.78 is 0. The van der Waals surface area contributed by atoms with E-state index in [0.717, 1.165) is 34.9 Å². The smallest absolute Gasteiger partial charge is 0.0540 e. The van der Waals surface area contributed by atoms with Crippen LogP contribution in [0, 0.1) is 13.8 Å². The molecule has 6 aromatic carbocycles. The van der Waals surface area contributed by atoms with Crippen LogP contribution in [0.15, 0.2) is 140 Å². The normalized spacial score (nSPS) is 11.8. The molecule has 6 aromatic rings. The van der Waals surface area contributed by atoms with Crippen LogP contribution in [0.3, 0.4) is 0 Å². The summed E-state index contributed by atoms with van der Waals surface area (Å²) in [7, 11) is 0. The average Bonchev–Trinajstić information content (AvgIpc) is 3.02. The Kier molecular flexibility index (Phi) is 7.79. The lowest BCUT2D eigenvalue weighted by Crippen LogP contribution is -2.12. The molecule has 0 amide bonds. The predicted octanol–water partition coefficient (Wildman–Crippen LogP) is 11.9. The molecule has 2 nitrogen and oxygen atoms in total. The molecule has 0 fully saturated rings. The van der Waals surface area contributed by atoms with Crippen LogP contribution in [-0.2, 0) is 0 Å². The lowest BCUT2D eigenvalue weighted by molar-refractivity contribution is 0.733. The maximum atomic E-state index is 2.39. The van der Waals surface area contributed by atoms with Gasteiger partial charge in [0.05, 0.1) is 5.69 Å². The molecular formula is C40H38N2. The summed E-state index contributed by atoms with van der Waals surface area (Å²) in [5.74, 6) is 0.540. The summed E-state index contributed by atoms with van der Waals surface area (Å²) in [5.41, 5.74) is 10.7. The molecule has 0 aliphatic carbocycles. The minimum atomic E-state index is 0.540. The SMILES string of the molecule is CCC(C)c1ccc(N(c2ccc(N(c3cccc(C)c3)c3cccc(C)c3)cc2)c2cccc3ccccc23)cc1. The predicted molar refractivity (Wildman–Crippen MR) is 181 cm³/mol. The third-order valence-corrected chi connectivity index (χ3v) is 8.23. The fraction of sp³-hybridized carbons (Fsp3) is 0.150. The van der Waals surface area contributed by atoms with Crippen molar-refractivity contribution < 1.29 is 0 Å². The molecule has 0 saturated heterocycles. The van der Waals surface area contributed by atoms with Crippen LogP contribution >= 0.6 is 0 Å². The molecule has 42 heavy (non-hydrogen) atoms. The van der Waals surface area contributed by atoms with E-state index in [1.54, 1.807) is 0 Å². The van der Waals surface area contributed by atoms with Crippen LogP contribution in [-0.4, -0.2) is 0 Å². The van der Waals surface area contributed by atoms with Gasteiger partial charge in [-0.1, -0.05) is 86.6 Å². The van der Waals surface area contributed by atoms with Gasteiger partial charge in [0.15, 0.2) is 0 Å². The number of hydrogen-bond acceptors (Lipinski definition) is 2. The van der Waals surface area contributed by atoms with Crippen LogP contribution in [0.1, 0.15) is 42.9 Å². The molecule has 1 atom stereocenters. The Morgan fingerprint density at radius 3 is 1.57 bits per heavy atom. The van der Waals surface area contributed by atoms with Crippen LogP contribution in [0.25, 0.3) is 10.8 Å². The third kappa shape index (κ3) is 5.53. The highest BCUT2D eigenvalue weighted by Gasteiger charge is 2.18. The molecule has 0 saturated carbocycles. The van der Waals surface area contributed by atoms with E-state index in [2.05, 4.69) is 177 Å². The summed E-state index contributed by atoms with van der Waals surface area (Å²) in [4.78, 5) is 4.73. The van der Waals surface area contributed by atoms with E-state index in [0.29, 0.717) is 5.92 Å². The molecule has 0 aliphatic heterocycles. The highest BCUT2D eigenvalue weighted by Crippen LogP contribution is 2.41. The lowest BCUT2D eigenvalue weighted by atomic mass is 9.98. The summed E-state index contributed by atoms with van der Waals surface area (Å²) in [6, 6.07) is 50.7. The zero-order valence-corrected chi connectivity index (χ0v) is 25.0. The molecule has 0 bridgehead atoms. The second kappa shape index (κ2) is 12.0. The first-order chi connectivity index (χ1) is 20.5. The summed E-state index contributed by atoms with van der Waals surface area (Å²) >= 11 is 0. The van der Waals surface area contributed by atoms with Gasteiger partial charge in [-0.15, -0.1) is 0 Å². The van der Waals surface area contributed by atoms with Crippen molar-refractivity contribution in [1.82, 2.24) is 0 Å². The van der Waals surface area contributed by atoms with E-state index < -0.39 is 0 Å². The van der Waals surface area contributed by atoms with Gasteiger partial charge in [-0.3, -0.25) is 0 Å². The van der Waals surface area contributed by atoms with Gasteiger partial charge in [0.1, 0.15) is 0 Å². The van der Waals surface area contributed by atoms with Crippen LogP contribution in [0.2, 0.25) is 0 Å². The van der Waals surface area contributed by atoms with Gasteiger partial charge in [0, 0.05) is 33.8 Å². The Morgan fingerprint density at radius 1 is 0.500 bits per heavy atom. The Bertz CT molecular complexity index is 1750. The largest absolute Gasteiger partial charge is 0.310 e. The molecular weight excluding hydrogens is 508 g/mol. The van der Waals surface area contributed by atoms with Crippen molar-refractivity contribution in [1.29, 1.82) is 0 Å². The number of hydrogen-bond donors (Lipinski definition) is 0. The van der Waals surface area contributed by atoms with Gasteiger partial charge in [-0.05, 0) is 115 Å². The fourth-order valence-corrected chi connectivity index (χ4v) is 5.75. The quantitative estimate of drug-likeness (QED) is 0.187. The van der Waals surface area contributed by atoms with Crippen molar-refractivity contribution in [2.24, 2.45) is 0 Å². The second-order valence-corrected chi connectivity index (χ2v) is 11.3. The van der Waals surface area contributed by atoms with Crippen LogP contribution in [0.4, 0.5) is 34.1 Å². The highest BCUT2D eigenvalue weighted by molar-refractivity contribution is 5.99. The van der Waals surface area contributed by atoms with Crippen molar-refractivity contribution in [3.8, 4) is 0 Å². The van der Waals surface area contributed by atoms with Crippen molar-refractivity contribution in [2.45, 2.75) is 40.0 Å². The number of aryl methyl sites for hydroxylation is 2. The Balaban J connectivity index is 1.47. The Labute approximate surface area is 250 Å². The van der Waals surface area contributed by atoms with Gasteiger partial charge in [-0.25, -0.2) is 0 Å². The summed E-state index contributed by atoms with van der Waals surface area (Å²) in [5, 5.41) is 2.47. The lowest BCUT2D eigenvalue weighted by Gasteiger charge is -2.29. The first-order valence-corrected chi connectivity index (χ1v) is 14.9. The molecule has 1 unspecified atom stereocenters. The molecule has 2 heteroatoms. The van der Waals surface area contributed by atoms with E-state index >= 15 is 0 Å². The minimum Gasteiger partial charge on any atom is -0.310 e. The number of fused-ring (bicyclic) bond motifs is 1. The molecule has 0 radical (unpaired) electrons. The molecule has 0 spiro atoms. The number of rotatable bonds is 8. The number of anilines is 6. The third-order valence-electron chi connectivity index (χ3n) is 8.23. The van der Waals surface area contributed by atoms with E-state index in [1.807, 2.05) is 0 Å².